The van der Waals surface area contributed by atoms with Crippen LogP contribution in [0.15, 0.2) is 29.3 Å². The number of aliphatic imine (C=N–C) groups is 1. The number of piperidine rings is 1. The maximum absolute atomic E-state index is 4.65. The van der Waals surface area contributed by atoms with E-state index in [-0.39, 0.29) is 0 Å². The SMILES string of the molecule is c1ccc2c(c1)N=C1CCNCC12. The summed E-state index contributed by atoms with van der Waals surface area (Å²) in [5.41, 5.74) is 3.97. The first-order valence-electron chi connectivity index (χ1n) is 4.82. The van der Waals surface area contributed by atoms with Gasteiger partial charge in [0.2, 0.25) is 0 Å². The Labute approximate surface area is 77.7 Å². The van der Waals surface area contributed by atoms with Crippen LogP contribution in [-0.2, 0) is 0 Å². The maximum Gasteiger partial charge on any atom is 0.0668 e. The molecule has 2 aliphatic heterocycles. The lowest BCUT2D eigenvalue weighted by atomic mass is 9.92. The first kappa shape index (κ1) is 7.27. The summed E-state index contributed by atoms with van der Waals surface area (Å²) in [7, 11) is 0. The van der Waals surface area contributed by atoms with Crippen molar-refractivity contribution in [3.8, 4) is 0 Å². The fraction of sp³-hybridized carbons (Fsp3) is 0.364. The highest BCUT2D eigenvalue weighted by molar-refractivity contribution is 5.98. The highest BCUT2D eigenvalue weighted by Crippen LogP contribution is 2.36. The van der Waals surface area contributed by atoms with Crippen LogP contribution in [0.4, 0.5) is 5.69 Å². The molecule has 0 saturated carbocycles. The lowest BCUT2D eigenvalue weighted by Gasteiger charge is -2.20. The molecule has 1 saturated heterocycles. The molecule has 0 aliphatic carbocycles. The zero-order valence-electron chi connectivity index (χ0n) is 7.46. The molecule has 2 aliphatic rings. The van der Waals surface area contributed by atoms with Gasteiger partial charge in [0.15, 0.2) is 0 Å². The molecule has 1 unspecified atom stereocenters. The van der Waals surface area contributed by atoms with Gasteiger partial charge in [0.1, 0.15) is 0 Å². The molecule has 2 heterocycles. The summed E-state index contributed by atoms with van der Waals surface area (Å²) in [6.45, 7) is 2.15. The predicted molar refractivity (Wildman–Crippen MR) is 53.8 cm³/mol. The molecule has 0 amide bonds. The number of nitrogens with zero attached hydrogens (tertiary/aromatic N) is 1. The van der Waals surface area contributed by atoms with Crippen molar-refractivity contribution in [1.82, 2.24) is 5.32 Å². The molecule has 0 spiro atoms. The van der Waals surface area contributed by atoms with E-state index in [1.807, 2.05) is 0 Å². The van der Waals surface area contributed by atoms with Gasteiger partial charge in [0.25, 0.3) is 0 Å². The second kappa shape index (κ2) is 2.67. The highest BCUT2D eigenvalue weighted by Gasteiger charge is 2.28. The fourth-order valence-electron chi connectivity index (χ4n) is 2.22. The van der Waals surface area contributed by atoms with Crippen molar-refractivity contribution in [3.05, 3.63) is 29.8 Å². The first-order valence-corrected chi connectivity index (χ1v) is 4.82. The standard InChI is InChI=1S/C11H12N2/c1-2-4-10-8(3-1)9-7-12-6-5-11(9)13-10/h1-4,9,12H,5-7H2. The first-order chi connectivity index (χ1) is 6.45. The van der Waals surface area contributed by atoms with E-state index in [0.717, 1.165) is 19.5 Å². The minimum atomic E-state index is 0.560. The lowest BCUT2D eigenvalue weighted by molar-refractivity contribution is 0.631. The minimum absolute atomic E-state index is 0.560. The summed E-state index contributed by atoms with van der Waals surface area (Å²) < 4.78 is 0. The second-order valence-corrected chi connectivity index (χ2v) is 3.67. The van der Waals surface area contributed by atoms with Crippen molar-refractivity contribution in [1.29, 1.82) is 0 Å². The van der Waals surface area contributed by atoms with Crippen LogP contribution in [-0.4, -0.2) is 18.8 Å². The van der Waals surface area contributed by atoms with Crippen LogP contribution in [0, 0.1) is 0 Å². The molecule has 2 heteroatoms. The van der Waals surface area contributed by atoms with E-state index in [1.54, 1.807) is 0 Å². The molecule has 1 atom stereocenters. The minimum Gasteiger partial charge on any atom is -0.315 e. The summed E-state index contributed by atoms with van der Waals surface area (Å²) in [5, 5.41) is 3.42. The van der Waals surface area contributed by atoms with Crippen molar-refractivity contribution in [3.63, 3.8) is 0 Å². The Morgan fingerprint density at radius 2 is 2.23 bits per heavy atom. The van der Waals surface area contributed by atoms with Crippen molar-refractivity contribution in [2.45, 2.75) is 12.3 Å². The van der Waals surface area contributed by atoms with Crippen LogP contribution in [0.5, 0.6) is 0 Å². The van der Waals surface area contributed by atoms with Crippen LogP contribution in [0.3, 0.4) is 0 Å². The van der Waals surface area contributed by atoms with Gasteiger partial charge in [-0.2, -0.15) is 0 Å². The number of rotatable bonds is 0. The lowest BCUT2D eigenvalue weighted by Crippen LogP contribution is -2.33. The summed E-state index contributed by atoms with van der Waals surface area (Å²) in [6.07, 6.45) is 1.11. The zero-order chi connectivity index (χ0) is 8.67. The van der Waals surface area contributed by atoms with E-state index < -0.39 is 0 Å². The van der Waals surface area contributed by atoms with E-state index in [4.69, 9.17) is 0 Å². The molecule has 0 bridgehead atoms. The van der Waals surface area contributed by atoms with E-state index >= 15 is 0 Å². The molecule has 1 N–H and O–H groups in total. The van der Waals surface area contributed by atoms with Gasteiger partial charge in [-0.1, -0.05) is 18.2 Å². The Hall–Kier alpha value is -1.15. The molecule has 3 rings (SSSR count). The summed E-state index contributed by atoms with van der Waals surface area (Å²) >= 11 is 0. The molecular formula is C11H12N2. The van der Waals surface area contributed by atoms with Gasteiger partial charge >= 0.3 is 0 Å². The quantitative estimate of drug-likeness (QED) is 0.634. The smallest absolute Gasteiger partial charge is 0.0668 e. The normalized spacial score (nSPS) is 24.9. The van der Waals surface area contributed by atoms with Gasteiger partial charge in [-0.05, 0) is 18.1 Å². The number of nitrogens with one attached hydrogen (secondary N) is 1. The predicted octanol–water partition coefficient (Wildman–Crippen LogP) is 1.85. The molecule has 1 fully saturated rings. The average molecular weight is 172 g/mol. The van der Waals surface area contributed by atoms with E-state index in [9.17, 15) is 0 Å². The Morgan fingerprint density at radius 1 is 1.31 bits per heavy atom. The average Bonchev–Trinajstić information content (AvgIpc) is 2.56. The van der Waals surface area contributed by atoms with E-state index in [1.165, 1.54) is 17.0 Å². The van der Waals surface area contributed by atoms with Crippen molar-refractivity contribution >= 4 is 11.4 Å². The van der Waals surface area contributed by atoms with Crippen LogP contribution >= 0.6 is 0 Å². The summed E-state index contributed by atoms with van der Waals surface area (Å²) in [4.78, 5) is 4.65. The molecule has 2 nitrogen and oxygen atoms in total. The fourth-order valence-corrected chi connectivity index (χ4v) is 2.22. The van der Waals surface area contributed by atoms with Crippen LogP contribution in [0.25, 0.3) is 0 Å². The molecule has 13 heavy (non-hydrogen) atoms. The monoisotopic (exact) mass is 172 g/mol. The largest absolute Gasteiger partial charge is 0.315 e. The van der Waals surface area contributed by atoms with Gasteiger partial charge < -0.3 is 5.32 Å². The molecular weight excluding hydrogens is 160 g/mol. The third-order valence-electron chi connectivity index (χ3n) is 2.88. The zero-order valence-corrected chi connectivity index (χ0v) is 7.46. The number of para-hydroxylation sites is 1. The number of benzene rings is 1. The third-order valence-corrected chi connectivity index (χ3v) is 2.88. The topological polar surface area (TPSA) is 24.4 Å². The molecule has 1 aromatic carbocycles. The molecule has 0 aromatic heterocycles. The van der Waals surface area contributed by atoms with Crippen LogP contribution in [0.2, 0.25) is 0 Å². The third kappa shape index (κ3) is 1.02. The summed E-state index contributed by atoms with van der Waals surface area (Å²) in [5.74, 6) is 0.560. The van der Waals surface area contributed by atoms with E-state index in [0.29, 0.717) is 5.92 Å². The van der Waals surface area contributed by atoms with Gasteiger partial charge in [-0.25, -0.2) is 0 Å². The number of hydrogen-bond acceptors (Lipinski definition) is 2. The van der Waals surface area contributed by atoms with Gasteiger partial charge in [0, 0.05) is 24.7 Å². The van der Waals surface area contributed by atoms with Crippen LogP contribution < -0.4 is 5.32 Å². The van der Waals surface area contributed by atoms with Crippen LogP contribution in [0.1, 0.15) is 17.9 Å². The molecule has 1 aromatic rings. The van der Waals surface area contributed by atoms with Gasteiger partial charge in [0.05, 0.1) is 5.69 Å². The van der Waals surface area contributed by atoms with Crippen molar-refractivity contribution < 1.29 is 0 Å². The van der Waals surface area contributed by atoms with Crippen molar-refractivity contribution in [2.75, 3.05) is 13.1 Å². The van der Waals surface area contributed by atoms with Gasteiger partial charge in [-0.3, -0.25) is 4.99 Å². The van der Waals surface area contributed by atoms with E-state index in [2.05, 4.69) is 34.6 Å². The van der Waals surface area contributed by atoms with Gasteiger partial charge in [-0.15, -0.1) is 0 Å². The molecule has 66 valence electrons. The Morgan fingerprint density at radius 3 is 3.23 bits per heavy atom. The Balaban J connectivity index is 2.09. The maximum atomic E-state index is 4.65. The number of hydrogen-bond donors (Lipinski definition) is 1. The molecule has 0 radical (unpaired) electrons. The number of fused-ring (bicyclic) bond motifs is 3. The Kier molecular flexibility index (Phi) is 1.49. The second-order valence-electron chi connectivity index (χ2n) is 3.67. The highest BCUT2D eigenvalue weighted by atomic mass is 14.9. The Bertz CT molecular complexity index is 368. The van der Waals surface area contributed by atoms with Crippen molar-refractivity contribution in [2.24, 2.45) is 4.99 Å². The summed E-state index contributed by atoms with van der Waals surface area (Å²) in [6, 6.07) is 8.48.